The predicted molar refractivity (Wildman–Crippen MR) is 131 cm³/mol. The summed E-state index contributed by atoms with van der Waals surface area (Å²) in [5, 5.41) is 3.16. The van der Waals surface area contributed by atoms with Gasteiger partial charge < -0.3 is 15.5 Å². The second-order valence-corrected chi connectivity index (χ2v) is 8.76. The van der Waals surface area contributed by atoms with E-state index in [1.807, 2.05) is 40.9 Å². The second-order valence-electron chi connectivity index (χ2n) is 8.76. The number of hydrogen-bond donors (Lipinski definition) is 2. The van der Waals surface area contributed by atoms with Crippen LogP contribution in [-0.2, 0) is 6.54 Å². The molecule has 2 aromatic carbocycles. The quantitative estimate of drug-likeness (QED) is 0.467. The Labute approximate surface area is 198 Å². The summed E-state index contributed by atoms with van der Waals surface area (Å²) in [4.78, 5) is 31.1. The van der Waals surface area contributed by atoms with Gasteiger partial charge in [-0.05, 0) is 53.8 Å². The first-order valence-electron chi connectivity index (χ1n) is 11.5. The maximum atomic E-state index is 12.9. The van der Waals surface area contributed by atoms with Crippen molar-refractivity contribution in [2.75, 3.05) is 13.1 Å². The zero-order valence-corrected chi connectivity index (χ0v) is 18.9. The van der Waals surface area contributed by atoms with Crippen LogP contribution in [0.1, 0.15) is 39.3 Å². The van der Waals surface area contributed by atoms with Crippen molar-refractivity contribution < 1.29 is 9.59 Å². The lowest BCUT2D eigenvalue weighted by molar-refractivity contribution is 0.0904. The van der Waals surface area contributed by atoms with Gasteiger partial charge in [0.15, 0.2) is 0 Å². The molecule has 0 atom stereocenters. The zero-order chi connectivity index (χ0) is 23.5. The van der Waals surface area contributed by atoms with Crippen molar-refractivity contribution in [1.29, 1.82) is 0 Å². The number of fused-ring (bicyclic) bond motifs is 1. The van der Waals surface area contributed by atoms with E-state index in [4.69, 9.17) is 5.73 Å². The monoisotopic (exact) mass is 453 g/mol. The third kappa shape index (κ3) is 4.84. The van der Waals surface area contributed by atoms with Gasteiger partial charge in [0.1, 0.15) is 11.3 Å². The van der Waals surface area contributed by atoms with Crippen molar-refractivity contribution >= 4 is 17.5 Å². The Morgan fingerprint density at radius 3 is 2.32 bits per heavy atom. The predicted octanol–water partition coefficient (Wildman–Crippen LogP) is 3.49. The number of benzene rings is 2. The van der Waals surface area contributed by atoms with E-state index in [1.54, 1.807) is 18.3 Å². The minimum Gasteiger partial charge on any atom is -0.366 e. The molecule has 7 heteroatoms. The van der Waals surface area contributed by atoms with Crippen molar-refractivity contribution in [3.63, 3.8) is 0 Å². The van der Waals surface area contributed by atoms with Crippen LogP contribution in [0.4, 0.5) is 0 Å². The molecule has 0 saturated carbocycles. The van der Waals surface area contributed by atoms with Crippen molar-refractivity contribution in [2.45, 2.75) is 25.4 Å². The lowest BCUT2D eigenvalue weighted by atomic mass is 10.0. The maximum absolute atomic E-state index is 12.9. The molecule has 0 aliphatic carbocycles. The van der Waals surface area contributed by atoms with Crippen LogP contribution in [-0.4, -0.2) is 45.2 Å². The number of likely N-dealkylation sites (tertiary alicyclic amines) is 1. The van der Waals surface area contributed by atoms with Gasteiger partial charge in [0.25, 0.3) is 5.91 Å². The van der Waals surface area contributed by atoms with E-state index in [0.29, 0.717) is 16.9 Å². The SMILES string of the molecule is NC(=O)c1ccc(-c2ccc3nc(C(=O)NC4CCN(Cc5ccccc5)CC4)cn3c2)cc1. The molecule has 0 unspecified atom stereocenters. The topological polar surface area (TPSA) is 92.7 Å². The number of nitrogens with one attached hydrogen (secondary N) is 1. The largest absolute Gasteiger partial charge is 0.366 e. The van der Waals surface area contributed by atoms with E-state index in [0.717, 1.165) is 43.6 Å². The van der Waals surface area contributed by atoms with Crippen LogP contribution in [0, 0.1) is 0 Å². The molecule has 3 N–H and O–H groups in total. The summed E-state index contributed by atoms with van der Waals surface area (Å²) >= 11 is 0. The maximum Gasteiger partial charge on any atom is 0.271 e. The highest BCUT2D eigenvalue weighted by molar-refractivity contribution is 5.94. The van der Waals surface area contributed by atoms with E-state index in [1.165, 1.54) is 5.56 Å². The fourth-order valence-corrected chi connectivity index (χ4v) is 4.44. The fraction of sp³-hybridized carbons (Fsp3) is 0.222. The number of primary amides is 1. The minimum absolute atomic E-state index is 0.141. The van der Waals surface area contributed by atoms with Crippen molar-refractivity contribution in [3.8, 4) is 11.1 Å². The Hall–Kier alpha value is -3.97. The fourth-order valence-electron chi connectivity index (χ4n) is 4.44. The number of piperidine rings is 1. The summed E-state index contributed by atoms with van der Waals surface area (Å²) in [7, 11) is 0. The molecule has 7 nitrogen and oxygen atoms in total. The summed E-state index contributed by atoms with van der Waals surface area (Å²) in [5.74, 6) is -0.591. The highest BCUT2D eigenvalue weighted by Gasteiger charge is 2.22. The third-order valence-corrected chi connectivity index (χ3v) is 6.36. The molecule has 2 aromatic heterocycles. The molecule has 1 fully saturated rings. The molecule has 1 aliphatic heterocycles. The van der Waals surface area contributed by atoms with Gasteiger partial charge in [-0.25, -0.2) is 4.98 Å². The Kier molecular flexibility index (Phi) is 6.10. The Morgan fingerprint density at radius 1 is 0.912 bits per heavy atom. The van der Waals surface area contributed by atoms with Crippen LogP contribution < -0.4 is 11.1 Å². The lowest BCUT2D eigenvalue weighted by Gasteiger charge is -2.32. The summed E-state index contributed by atoms with van der Waals surface area (Å²) in [6.07, 6.45) is 5.55. The van der Waals surface area contributed by atoms with Gasteiger partial charge in [0.05, 0.1) is 0 Å². The number of nitrogens with zero attached hydrogens (tertiary/aromatic N) is 3. The van der Waals surface area contributed by atoms with Gasteiger partial charge in [-0.3, -0.25) is 14.5 Å². The number of imidazole rings is 1. The lowest BCUT2D eigenvalue weighted by Crippen LogP contribution is -2.44. The smallest absolute Gasteiger partial charge is 0.271 e. The van der Waals surface area contributed by atoms with Crippen molar-refractivity contribution in [2.24, 2.45) is 5.73 Å². The first kappa shape index (κ1) is 21.9. The van der Waals surface area contributed by atoms with Gasteiger partial charge in [0.2, 0.25) is 5.91 Å². The van der Waals surface area contributed by atoms with E-state index < -0.39 is 5.91 Å². The van der Waals surface area contributed by atoms with Gasteiger partial charge in [-0.15, -0.1) is 0 Å². The zero-order valence-electron chi connectivity index (χ0n) is 18.9. The summed E-state index contributed by atoms with van der Waals surface area (Å²) < 4.78 is 1.86. The minimum atomic E-state index is -0.450. The molecule has 0 radical (unpaired) electrons. The number of pyridine rings is 1. The first-order valence-corrected chi connectivity index (χ1v) is 11.5. The molecule has 0 spiro atoms. The van der Waals surface area contributed by atoms with Crippen LogP contribution in [0.25, 0.3) is 16.8 Å². The summed E-state index contributed by atoms with van der Waals surface area (Å²) in [6, 6.07) is 21.6. The standard InChI is InChI=1S/C27H27N5O2/c28-26(33)21-8-6-20(7-9-21)22-10-11-25-30-24(18-32(25)17-22)27(34)29-23-12-14-31(15-13-23)16-19-4-2-1-3-5-19/h1-11,17-18,23H,12-16H2,(H2,28,33)(H,29,34). The van der Waals surface area contributed by atoms with E-state index >= 15 is 0 Å². The van der Waals surface area contributed by atoms with Crippen LogP contribution in [0.3, 0.4) is 0 Å². The van der Waals surface area contributed by atoms with Crippen molar-refractivity contribution in [3.05, 3.63) is 95.9 Å². The van der Waals surface area contributed by atoms with Crippen molar-refractivity contribution in [1.82, 2.24) is 19.6 Å². The average molecular weight is 454 g/mol. The number of rotatable bonds is 6. The van der Waals surface area contributed by atoms with E-state index in [-0.39, 0.29) is 11.9 Å². The molecule has 5 rings (SSSR count). The number of aromatic nitrogens is 2. The highest BCUT2D eigenvalue weighted by Crippen LogP contribution is 2.21. The molecule has 2 amide bonds. The average Bonchev–Trinajstić information content (AvgIpc) is 3.30. The molecule has 3 heterocycles. The molecular formula is C27H27N5O2. The van der Waals surface area contributed by atoms with Gasteiger partial charge in [0, 0.05) is 43.6 Å². The Bertz CT molecular complexity index is 1310. The summed E-state index contributed by atoms with van der Waals surface area (Å²) in [5.41, 5.74) is 10.1. The molecule has 172 valence electrons. The van der Waals surface area contributed by atoms with Crippen LogP contribution >= 0.6 is 0 Å². The molecule has 34 heavy (non-hydrogen) atoms. The Morgan fingerprint density at radius 2 is 1.62 bits per heavy atom. The van der Waals surface area contributed by atoms with Crippen LogP contribution in [0.5, 0.6) is 0 Å². The second kappa shape index (κ2) is 9.49. The first-order chi connectivity index (χ1) is 16.5. The number of carbonyl (C=O) groups is 2. The Balaban J connectivity index is 1.21. The molecule has 1 saturated heterocycles. The highest BCUT2D eigenvalue weighted by atomic mass is 16.2. The van der Waals surface area contributed by atoms with Gasteiger partial charge >= 0.3 is 0 Å². The normalized spacial score (nSPS) is 14.8. The third-order valence-electron chi connectivity index (χ3n) is 6.36. The number of hydrogen-bond acceptors (Lipinski definition) is 4. The number of carbonyl (C=O) groups excluding carboxylic acids is 2. The van der Waals surface area contributed by atoms with Gasteiger partial charge in [-0.2, -0.15) is 0 Å². The number of amides is 2. The molecular weight excluding hydrogens is 426 g/mol. The summed E-state index contributed by atoms with van der Waals surface area (Å²) in [6.45, 7) is 2.87. The van der Waals surface area contributed by atoms with Crippen LogP contribution in [0.15, 0.2) is 79.1 Å². The molecule has 1 aliphatic rings. The van der Waals surface area contributed by atoms with Crippen LogP contribution in [0.2, 0.25) is 0 Å². The molecule has 0 bridgehead atoms. The van der Waals surface area contributed by atoms with Gasteiger partial charge in [-0.1, -0.05) is 42.5 Å². The molecule has 4 aromatic rings. The number of nitrogens with two attached hydrogens (primary N) is 1. The van der Waals surface area contributed by atoms with E-state index in [2.05, 4.69) is 39.5 Å². The van der Waals surface area contributed by atoms with E-state index in [9.17, 15) is 9.59 Å².